The number of hydrogen-bond acceptors (Lipinski definition) is 11. The van der Waals surface area contributed by atoms with Crippen molar-refractivity contribution in [3.63, 3.8) is 0 Å². The van der Waals surface area contributed by atoms with Crippen LogP contribution in [0.3, 0.4) is 0 Å². The van der Waals surface area contributed by atoms with Gasteiger partial charge in [-0.15, -0.1) is 0 Å². The van der Waals surface area contributed by atoms with Crippen LogP contribution >= 0.6 is 0 Å². The fourth-order valence-corrected chi connectivity index (χ4v) is 9.96. The molecule has 0 saturated carbocycles. The summed E-state index contributed by atoms with van der Waals surface area (Å²) < 4.78 is 74.4. The maximum Gasteiger partial charge on any atom is 0.534 e. The number of ketones is 1. The van der Waals surface area contributed by atoms with Crippen molar-refractivity contribution in [2.45, 2.75) is 95.3 Å². The SMILES string of the molecule is CC1(C)OB(c2ccc3c(c2)CC(=O)N3)OC1(C)C.O=C1CCN(c2ccccc2)CC1.O=C1Cc2cc(C3CCN(c4ccccc4)CC3)ccc2N1.O=S(=O)(OC1=CCN(c2ccccc2)CC1)C(F)(F)F. The first-order chi connectivity index (χ1) is 35.2. The number of amides is 2. The Labute approximate surface area is 432 Å². The number of carbonyl (C=O) groups is 3. The highest BCUT2D eigenvalue weighted by atomic mass is 32.2. The van der Waals surface area contributed by atoms with Gasteiger partial charge in [0.05, 0.1) is 24.0 Å². The van der Waals surface area contributed by atoms with Crippen LogP contribution in [0.15, 0.2) is 139 Å². The van der Waals surface area contributed by atoms with Crippen LogP contribution in [0.2, 0.25) is 0 Å². The van der Waals surface area contributed by atoms with Crippen LogP contribution in [-0.2, 0) is 50.8 Å². The Hall–Kier alpha value is -6.63. The number of piperidine rings is 2. The fraction of sp³-hybridized carbons (Fsp3) is 0.375. The molecule has 6 heterocycles. The van der Waals surface area contributed by atoms with Gasteiger partial charge >= 0.3 is 22.7 Å². The van der Waals surface area contributed by atoms with Gasteiger partial charge in [-0.25, -0.2) is 0 Å². The topological polar surface area (TPSA) is 147 Å². The van der Waals surface area contributed by atoms with Crippen molar-refractivity contribution in [3.05, 3.63) is 156 Å². The number of rotatable bonds is 7. The molecule has 390 valence electrons. The van der Waals surface area contributed by atoms with E-state index in [2.05, 4.69) is 85.3 Å². The molecule has 18 heteroatoms. The molecule has 0 unspecified atom stereocenters. The van der Waals surface area contributed by atoms with Crippen LogP contribution in [0.1, 0.15) is 82.4 Å². The molecule has 6 aliphatic heterocycles. The van der Waals surface area contributed by atoms with Crippen molar-refractivity contribution < 1.29 is 49.5 Å². The molecule has 3 fully saturated rings. The molecule has 0 aliphatic carbocycles. The number of carbonyl (C=O) groups excluding carboxylic acids is 3. The Morgan fingerprint density at radius 2 is 1.07 bits per heavy atom. The van der Waals surface area contributed by atoms with Crippen molar-refractivity contribution in [3.8, 4) is 0 Å². The van der Waals surface area contributed by atoms with Crippen LogP contribution in [0.5, 0.6) is 0 Å². The molecule has 0 bridgehead atoms. The third kappa shape index (κ3) is 13.4. The summed E-state index contributed by atoms with van der Waals surface area (Å²) in [5.41, 5.74) is 3.81. The highest BCUT2D eigenvalue weighted by Gasteiger charge is 2.52. The minimum atomic E-state index is -5.57. The average Bonchev–Trinajstić information content (AvgIpc) is 4.04. The van der Waals surface area contributed by atoms with Gasteiger partial charge in [-0.1, -0.05) is 78.9 Å². The van der Waals surface area contributed by atoms with Gasteiger partial charge in [0.25, 0.3) is 0 Å². The third-order valence-corrected chi connectivity index (χ3v) is 15.4. The number of anilines is 5. The van der Waals surface area contributed by atoms with Gasteiger partial charge in [-0.05, 0) is 123 Å². The summed E-state index contributed by atoms with van der Waals surface area (Å²) in [6.07, 6.45) is 6.17. The number of para-hydroxylation sites is 3. The lowest BCUT2D eigenvalue weighted by Gasteiger charge is -2.34. The molecule has 2 amide bonds. The number of benzene rings is 5. The number of Topliss-reactive ketones (excluding diaryl/α,β-unsaturated/α-hetero) is 1. The van der Waals surface area contributed by atoms with E-state index in [1.54, 1.807) is 0 Å². The molecule has 0 atom stereocenters. The van der Waals surface area contributed by atoms with Crippen LogP contribution < -0.4 is 30.8 Å². The van der Waals surface area contributed by atoms with E-state index in [-0.39, 0.29) is 42.3 Å². The van der Waals surface area contributed by atoms with Gasteiger partial charge in [0, 0.05) is 87.0 Å². The van der Waals surface area contributed by atoms with Crippen LogP contribution in [-0.4, -0.2) is 89.1 Å². The molecular weight excluding hydrogens is 971 g/mol. The molecule has 74 heavy (non-hydrogen) atoms. The lowest BCUT2D eigenvalue weighted by Crippen LogP contribution is -2.41. The predicted octanol–water partition coefficient (Wildman–Crippen LogP) is 9.55. The van der Waals surface area contributed by atoms with Crippen molar-refractivity contribution in [1.29, 1.82) is 0 Å². The molecule has 0 aromatic heterocycles. The molecule has 0 spiro atoms. The van der Waals surface area contributed by atoms with Gasteiger partial charge in [-0.2, -0.15) is 21.6 Å². The Kier molecular flexibility index (Phi) is 16.6. The lowest BCUT2D eigenvalue weighted by molar-refractivity contribution is -0.119. The van der Waals surface area contributed by atoms with Crippen LogP contribution in [0, 0.1) is 0 Å². The Balaban J connectivity index is 0.000000133. The van der Waals surface area contributed by atoms with E-state index in [0.29, 0.717) is 50.5 Å². The minimum absolute atomic E-state index is 0.0427. The Bertz CT molecular complexity index is 2890. The maximum atomic E-state index is 12.2. The summed E-state index contributed by atoms with van der Waals surface area (Å²) >= 11 is 0. The zero-order valence-electron chi connectivity index (χ0n) is 42.2. The smallest absolute Gasteiger partial charge is 0.399 e. The summed E-state index contributed by atoms with van der Waals surface area (Å²) in [6, 6.07) is 42.5. The highest BCUT2D eigenvalue weighted by molar-refractivity contribution is 7.87. The number of alkyl halides is 3. The second kappa shape index (κ2) is 22.9. The maximum absolute atomic E-state index is 12.2. The highest BCUT2D eigenvalue weighted by Crippen LogP contribution is 2.38. The summed E-state index contributed by atoms with van der Waals surface area (Å²) in [6.45, 7) is 12.8. The van der Waals surface area contributed by atoms with Crippen LogP contribution in [0.25, 0.3) is 0 Å². The Morgan fingerprint density at radius 3 is 1.55 bits per heavy atom. The van der Waals surface area contributed by atoms with Gasteiger partial charge in [-0.3, -0.25) is 14.4 Å². The first-order valence-corrected chi connectivity index (χ1v) is 26.5. The Morgan fingerprint density at radius 1 is 0.608 bits per heavy atom. The number of nitrogens with zero attached hydrogens (tertiary/aromatic N) is 3. The predicted molar refractivity (Wildman–Crippen MR) is 284 cm³/mol. The molecular formula is C56H63BF3N5O8S. The van der Waals surface area contributed by atoms with E-state index < -0.39 is 15.6 Å². The number of hydrogen-bond donors (Lipinski definition) is 2. The van der Waals surface area contributed by atoms with Crippen molar-refractivity contribution in [2.24, 2.45) is 0 Å². The van der Waals surface area contributed by atoms with Gasteiger partial charge in [0.15, 0.2) is 0 Å². The molecule has 2 N–H and O–H groups in total. The zero-order valence-corrected chi connectivity index (χ0v) is 43.0. The lowest BCUT2D eigenvalue weighted by atomic mass is 9.78. The van der Waals surface area contributed by atoms with Gasteiger partial charge < -0.3 is 38.8 Å². The van der Waals surface area contributed by atoms with Crippen molar-refractivity contribution in [1.82, 2.24) is 0 Å². The number of nitrogens with one attached hydrogen (secondary N) is 2. The normalized spacial score (nSPS) is 19.0. The third-order valence-electron chi connectivity index (χ3n) is 14.4. The van der Waals surface area contributed by atoms with E-state index in [1.165, 1.54) is 35.9 Å². The monoisotopic (exact) mass is 1030 g/mol. The van der Waals surface area contributed by atoms with Crippen molar-refractivity contribution >= 4 is 68.7 Å². The molecule has 3 saturated heterocycles. The van der Waals surface area contributed by atoms with E-state index >= 15 is 0 Å². The molecule has 6 aliphatic rings. The van der Waals surface area contributed by atoms with Gasteiger partial charge in [0.1, 0.15) is 11.5 Å². The molecule has 0 radical (unpaired) electrons. The standard InChI is InChI=1S/C19H20N2O.C14H18BNO3.C12H12F3NO3S.C11H13NO/c22-19-13-16-12-15(6-7-18(16)20-19)14-8-10-21(11-9-14)17-4-2-1-3-5-17;1-13(2)14(3,4)19-15(18-13)10-5-6-11-9(7-10)8-12(17)16-11;13-12(14,15)20(17,18)19-11-6-8-16(9-7-11)10-4-2-1-3-5-10;13-11-6-8-12(9-7-11)10-4-2-1-3-5-10/h1-7,12,14H,8-11,13H2,(H,20,22);5-7H,8H2,1-4H3,(H,16,17);1-6H,7-9H2;1-5H,6-9H2. The second-order valence-corrected chi connectivity index (χ2v) is 21.6. The van der Waals surface area contributed by atoms with Crippen LogP contribution in [0.4, 0.5) is 41.6 Å². The van der Waals surface area contributed by atoms with Gasteiger partial charge in [0.2, 0.25) is 11.8 Å². The number of fused-ring (bicyclic) bond motifs is 2. The second-order valence-electron chi connectivity index (χ2n) is 20.0. The quantitative estimate of drug-likeness (QED) is 0.0913. The first-order valence-electron chi connectivity index (χ1n) is 25.1. The fourth-order valence-electron chi connectivity index (χ4n) is 9.43. The van der Waals surface area contributed by atoms with E-state index in [9.17, 15) is 36.0 Å². The van der Waals surface area contributed by atoms with Crippen molar-refractivity contribution in [2.75, 3.05) is 64.6 Å². The molecule has 5 aromatic rings. The molecule has 11 rings (SSSR count). The zero-order chi connectivity index (χ0) is 52.7. The summed E-state index contributed by atoms with van der Waals surface area (Å²) in [7, 11) is -5.94. The summed E-state index contributed by atoms with van der Waals surface area (Å²) in [5, 5.41) is 5.74. The largest absolute Gasteiger partial charge is 0.534 e. The summed E-state index contributed by atoms with van der Waals surface area (Å²) in [4.78, 5) is 40.5. The minimum Gasteiger partial charge on any atom is -0.399 e. The number of halogens is 3. The molecule has 13 nitrogen and oxygen atoms in total. The van der Waals surface area contributed by atoms with E-state index in [1.807, 2.05) is 99.3 Å². The average molecular weight is 1030 g/mol. The molecule has 5 aromatic carbocycles. The van der Waals surface area contributed by atoms with E-state index in [0.717, 1.165) is 59.8 Å². The van der Waals surface area contributed by atoms with E-state index in [4.69, 9.17) is 9.31 Å². The summed E-state index contributed by atoms with van der Waals surface area (Å²) in [5.74, 6) is 0.995. The first kappa shape index (κ1) is 53.7.